The molecule has 7 heteroatoms. The lowest BCUT2D eigenvalue weighted by Crippen LogP contribution is -2.25. The lowest BCUT2D eigenvalue weighted by molar-refractivity contribution is -0.384. The number of benzene rings is 1. The maximum absolute atomic E-state index is 11.8. The number of anilines is 1. The molecule has 0 radical (unpaired) electrons. The highest BCUT2D eigenvalue weighted by molar-refractivity contribution is 6.32. The Bertz CT molecular complexity index is 552. The van der Waals surface area contributed by atoms with Crippen molar-refractivity contribution < 1.29 is 9.72 Å². The van der Waals surface area contributed by atoms with Gasteiger partial charge in [0, 0.05) is 11.8 Å². The van der Waals surface area contributed by atoms with Crippen LogP contribution in [0.5, 0.6) is 0 Å². The van der Waals surface area contributed by atoms with Crippen LogP contribution in [0, 0.1) is 33.3 Å². The molecule has 0 fully saturated rings. The first-order valence-corrected chi connectivity index (χ1v) is 5.89. The van der Waals surface area contributed by atoms with Crippen molar-refractivity contribution >= 4 is 28.9 Å². The van der Waals surface area contributed by atoms with Crippen LogP contribution in [0.2, 0.25) is 5.02 Å². The molecule has 1 N–H and O–H groups in total. The fourth-order valence-corrected chi connectivity index (χ4v) is 1.65. The van der Waals surface area contributed by atoms with Crippen molar-refractivity contribution in [2.45, 2.75) is 13.8 Å². The van der Waals surface area contributed by atoms with Gasteiger partial charge in [-0.25, -0.2) is 0 Å². The molecular weight excluding hydrogens is 270 g/mol. The van der Waals surface area contributed by atoms with E-state index in [1.807, 2.05) is 6.07 Å². The molecule has 0 aliphatic heterocycles. The van der Waals surface area contributed by atoms with Crippen LogP contribution in [-0.2, 0) is 4.79 Å². The fourth-order valence-electron chi connectivity index (χ4n) is 1.46. The summed E-state index contributed by atoms with van der Waals surface area (Å²) in [5.74, 6) is -1.45. The lowest BCUT2D eigenvalue weighted by atomic mass is 9.96. The Labute approximate surface area is 115 Å². The number of hydrogen-bond acceptors (Lipinski definition) is 4. The number of nitrogens with one attached hydrogen (secondary N) is 1. The zero-order chi connectivity index (χ0) is 14.6. The molecule has 0 saturated carbocycles. The van der Waals surface area contributed by atoms with E-state index in [9.17, 15) is 14.9 Å². The summed E-state index contributed by atoms with van der Waals surface area (Å²) in [6.07, 6.45) is 0. The molecule has 1 aromatic rings. The van der Waals surface area contributed by atoms with Gasteiger partial charge in [-0.3, -0.25) is 14.9 Å². The number of nitriles is 1. The van der Waals surface area contributed by atoms with Crippen LogP contribution in [-0.4, -0.2) is 10.8 Å². The van der Waals surface area contributed by atoms with E-state index in [-0.39, 0.29) is 22.3 Å². The van der Waals surface area contributed by atoms with E-state index in [0.717, 1.165) is 6.07 Å². The van der Waals surface area contributed by atoms with Crippen molar-refractivity contribution in [2.75, 3.05) is 5.32 Å². The van der Waals surface area contributed by atoms with Gasteiger partial charge in [-0.15, -0.1) is 0 Å². The Hall–Kier alpha value is -2.13. The zero-order valence-electron chi connectivity index (χ0n) is 10.4. The van der Waals surface area contributed by atoms with Crippen molar-refractivity contribution in [1.29, 1.82) is 5.26 Å². The van der Waals surface area contributed by atoms with E-state index >= 15 is 0 Å². The van der Waals surface area contributed by atoms with Crippen molar-refractivity contribution in [2.24, 2.45) is 11.8 Å². The predicted molar refractivity (Wildman–Crippen MR) is 70.7 cm³/mol. The molecule has 0 bridgehead atoms. The van der Waals surface area contributed by atoms with Gasteiger partial charge in [0.2, 0.25) is 5.91 Å². The van der Waals surface area contributed by atoms with Gasteiger partial charge in [0.15, 0.2) is 0 Å². The Morgan fingerprint density at radius 1 is 1.53 bits per heavy atom. The Morgan fingerprint density at radius 3 is 2.63 bits per heavy atom. The highest BCUT2D eigenvalue weighted by atomic mass is 35.5. The number of nitrogens with zero attached hydrogens (tertiary/aromatic N) is 2. The number of carbonyl (C=O) groups is 1. The third kappa shape index (κ3) is 3.66. The van der Waals surface area contributed by atoms with Gasteiger partial charge in [0.05, 0.1) is 11.0 Å². The molecule has 100 valence electrons. The van der Waals surface area contributed by atoms with E-state index in [1.54, 1.807) is 13.8 Å². The van der Waals surface area contributed by atoms with E-state index in [2.05, 4.69) is 5.32 Å². The Morgan fingerprint density at radius 2 is 2.16 bits per heavy atom. The van der Waals surface area contributed by atoms with E-state index < -0.39 is 16.7 Å². The molecule has 1 rings (SSSR count). The number of halogens is 1. The van der Waals surface area contributed by atoms with Crippen molar-refractivity contribution in [3.63, 3.8) is 0 Å². The molecule has 1 amide bonds. The number of carbonyl (C=O) groups excluding carboxylic acids is 1. The number of amides is 1. The second-order valence-corrected chi connectivity index (χ2v) is 4.67. The van der Waals surface area contributed by atoms with Crippen LogP contribution in [0.3, 0.4) is 0 Å². The molecule has 1 atom stereocenters. The molecule has 0 saturated heterocycles. The van der Waals surface area contributed by atoms with E-state index in [1.165, 1.54) is 12.1 Å². The summed E-state index contributed by atoms with van der Waals surface area (Å²) in [5.41, 5.74) is -0.0560. The van der Waals surface area contributed by atoms with Gasteiger partial charge in [-0.2, -0.15) is 5.26 Å². The van der Waals surface area contributed by atoms with E-state index in [4.69, 9.17) is 16.9 Å². The average molecular weight is 282 g/mol. The minimum absolute atomic E-state index is 0.0105. The molecule has 1 aromatic carbocycles. The molecule has 0 aliphatic rings. The Balaban J connectivity index is 2.95. The van der Waals surface area contributed by atoms with Crippen molar-refractivity contribution in [1.82, 2.24) is 0 Å². The summed E-state index contributed by atoms with van der Waals surface area (Å²) in [6, 6.07) is 5.83. The molecule has 6 nitrogen and oxygen atoms in total. The van der Waals surface area contributed by atoms with Crippen LogP contribution in [0.1, 0.15) is 13.8 Å². The first kappa shape index (κ1) is 14.9. The normalized spacial score (nSPS) is 11.7. The smallest absolute Gasteiger partial charge is 0.289 e. The molecule has 1 unspecified atom stereocenters. The minimum atomic E-state index is -0.810. The number of nitro benzene ring substituents is 1. The topological polar surface area (TPSA) is 96.0 Å². The van der Waals surface area contributed by atoms with Crippen molar-refractivity contribution in [3.05, 3.63) is 33.3 Å². The summed E-state index contributed by atoms with van der Waals surface area (Å²) in [5, 5.41) is 22.1. The Kier molecular flexibility index (Phi) is 4.84. The first-order chi connectivity index (χ1) is 8.86. The van der Waals surface area contributed by atoms with Gasteiger partial charge in [0.1, 0.15) is 10.9 Å². The van der Waals surface area contributed by atoms with Gasteiger partial charge in [-0.05, 0) is 18.1 Å². The quantitative estimate of drug-likeness (QED) is 0.678. The lowest BCUT2D eigenvalue weighted by Gasteiger charge is -2.13. The summed E-state index contributed by atoms with van der Waals surface area (Å²) in [4.78, 5) is 21.9. The summed E-state index contributed by atoms with van der Waals surface area (Å²) in [7, 11) is 0. The highest BCUT2D eigenvalue weighted by Gasteiger charge is 2.22. The summed E-state index contributed by atoms with van der Waals surface area (Å²) < 4.78 is 0. The SMILES string of the molecule is CC(C)C(C#N)C(=O)Nc1ccc(Cl)c([N+](=O)[O-])c1. The van der Waals surface area contributed by atoms with Gasteiger partial charge < -0.3 is 5.32 Å². The largest absolute Gasteiger partial charge is 0.325 e. The highest BCUT2D eigenvalue weighted by Crippen LogP contribution is 2.27. The second-order valence-electron chi connectivity index (χ2n) is 4.26. The molecule has 19 heavy (non-hydrogen) atoms. The number of nitro groups is 1. The predicted octanol–water partition coefficient (Wildman–Crippen LogP) is 2.98. The molecule has 0 heterocycles. The molecule has 0 spiro atoms. The standard InChI is InChI=1S/C12H12ClN3O3/c1-7(2)9(6-14)12(17)15-8-3-4-10(13)11(5-8)16(18)19/h3-5,7,9H,1-2H3,(H,15,17). The molecular formula is C12H12ClN3O3. The van der Waals surface area contributed by atoms with Crippen LogP contribution in [0.4, 0.5) is 11.4 Å². The van der Waals surface area contributed by atoms with Gasteiger partial charge in [0.25, 0.3) is 5.69 Å². The summed E-state index contributed by atoms with van der Waals surface area (Å²) >= 11 is 5.66. The van der Waals surface area contributed by atoms with E-state index in [0.29, 0.717) is 0 Å². The zero-order valence-corrected chi connectivity index (χ0v) is 11.1. The second kappa shape index (κ2) is 6.16. The fraction of sp³-hybridized carbons (Fsp3) is 0.333. The van der Waals surface area contributed by atoms with Crippen LogP contribution < -0.4 is 5.32 Å². The van der Waals surface area contributed by atoms with Crippen LogP contribution >= 0.6 is 11.6 Å². The monoisotopic (exact) mass is 281 g/mol. The maximum Gasteiger partial charge on any atom is 0.289 e. The summed E-state index contributed by atoms with van der Waals surface area (Å²) in [6.45, 7) is 3.50. The van der Waals surface area contributed by atoms with Crippen LogP contribution in [0.25, 0.3) is 0 Å². The first-order valence-electron chi connectivity index (χ1n) is 5.51. The third-order valence-corrected chi connectivity index (χ3v) is 2.82. The van der Waals surface area contributed by atoms with Crippen molar-refractivity contribution in [3.8, 4) is 6.07 Å². The van der Waals surface area contributed by atoms with Gasteiger partial charge >= 0.3 is 0 Å². The number of rotatable bonds is 4. The molecule has 0 aliphatic carbocycles. The minimum Gasteiger partial charge on any atom is -0.325 e. The molecule has 0 aromatic heterocycles. The third-order valence-electron chi connectivity index (χ3n) is 2.50. The van der Waals surface area contributed by atoms with Gasteiger partial charge in [-0.1, -0.05) is 25.4 Å². The maximum atomic E-state index is 11.8. The average Bonchev–Trinajstić information content (AvgIpc) is 2.31. The number of hydrogen-bond donors (Lipinski definition) is 1. The van der Waals surface area contributed by atoms with Crippen LogP contribution in [0.15, 0.2) is 18.2 Å².